The highest BCUT2D eigenvalue weighted by atomic mass is 32.2. The molecule has 5 rings (SSSR count). The summed E-state index contributed by atoms with van der Waals surface area (Å²) in [7, 11) is 0.174. The van der Waals surface area contributed by atoms with E-state index in [1.54, 1.807) is 7.11 Å². The maximum atomic E-state index is 13.5. The van der Waals surface area contributed by atoms with E-state index in [-0.39, 0.29) is 34.0 Å². The van der Waals surface area contributed by atoms with Crippen LogP contribution in [0.25, 0.3) is 0 Å². The minimum absolute atomic E-state index is 0.0171. The van der Waals surface area contributed by atoms with Crippen LogP contribution in [-0.4, -0.2) is 45.1 Å². The van der Waals surface area contributed by atoms with E-state index in [0.29, 0.717) is 35.2 Å². The predicted octanol–water partition coefficient (Wildman–Crippen LogP) is 5.31. The quantitative estimate of drug-likeness (QED) is 0.378. The number of nitro groups is 1. The van der Waals surface area contributed by atoms with Gasteiger partial charge in [-0.1, -0.05) is 13.8 Å². The van der Waals surface area contributed by atoms with E-state index in [9.17, 15) is 24.2 Å². The van der Waals surface area contributed by atoms with E-state index in [4.69, 9.17) is 4.74 Å². The smallest absolute Gasteiger partial charge is 0.269 e. The molecule has 4 saturated carbocycles. The Labute approximate surface area is 222 Å². The van der Waals surface area contributed by atoms with Gasteiger partial charge in [0.1, 0.15) is 5.78 Å². The summed E-state index contributed by atoms with van der Waals surface area (Å²) in [4.78, 5) is 24.4. The minimum Gasteiger partial charge on any atom is -0.387 e. The molecule has 0 radical (unpaired) electrons. The van der Waals surface area contributed by atoms with Crippen molar-refractivity contribution >= 4 is 22.3 Å². The fourth-order valence-electron chi connectivity index (χ4n) is 9.28. The van der Waals surface area contributed by atoms with Crippen LogP contribution in [0.3, 0.4) is 0 Å². The molecule has 1 N–H and O–H groups in total. The molecule has 0 bridgehead atoms. The monoisotopic (exact) mass is 531 g/mol. The summed E-state index contributed by atoms with van der Waals surface area (Å²) in [6, 6.07) is 5.71. The Morgan fingerprint density at radius 1 is 1.05 bits per heavy atom. The van der Waals surface area contributed by atoms with Gasteiger partial charge in [0.05, 0.1) is 33.7 Å². The van der Waals surface area contributed by atoms with Crippen molar-refractivity contribution in [2.24, 2.45) is 40.4 Å². The number of hydrogen-bond acceptors (Lipinski definition) is 6. The highest BCUT2D eigenvalue weighted by Gasteiger charge is 2.62. The van der Waals surface area contributed by atoms with Gasteiger partial charge in [-0.3, -0.25) is 19.1 Å². The molecule has 4 aliphatic rings. The van der Waals surface area contributed by atoms with Gasteiger partial charge in [0.15, 0.2) is 0 Å². The first-order valence-corrected chi connectivity index (χ1v) is 15.2. The number of ether oxygens (including phenoxy) is 1. The molecule has 0 saturated heterocycles. The number of carbonyl (C=O) groups excluding carboxylic acids is 1. The fraction of sp³-hybridized carbons (Fsp3) is 0.759. The van der Waals surface area contributed by atoms with Crippen molar-refractivity contribution in [3.8, 4) is 0 Å². The van der Waals surface area contributed by atoms with Gasteiger partial charge in [-0.2, -0.15) is 0 Å². The Morgan fingerprint density at radius 3 is 2.43 bits per heavy atom. The van der Waals surface area contributed by atoms with Crippen molar-refractivity contribution in [3.05, 3.63) is 34.4 Å². The number of methoxy groups -OCH3 is 1. The lowest BCUT2D eigenvalue weighted by molar-refractivity contribution is -0.384. The summed E-state index contributed by atoms with van der Waals surface area (Å²) in [6.07, 6.45) is 9.07. The average Bonchev–Trinajstić information content (AvgIpc) is 3.22. The second-order valence-electron chi connectivity index (χ2n) is 12.9. The van der Waals surface area contributed by atoms with Crippen LogP contribution in [0.2, 0.25) is 0 Å². The molecule has 0 aliphatic heterocycles. The maximum absolute atomic E-state index is 13.5. The molecule has 0 spiro atoms. The van der Waals surface area contributed by atoms with Crippen molar-refractivity contribution in [2.75, 3.05) is 19.5 Å². The normalized spacial score (nSPS) is 41.8. The average molecular weight is 532 g/mol. The fourth-order valence-corrected chi connectivity index (χ4v) is 10.3. The lowest BCUT2D eigenvalue weighted by Crippen LogP contribution is -2.57. The Balaban J connectivity index is 1.27. The maximum Gasteiger partial charge on any atom is 0.269 e. The molecule has 0 aromatic heterocycles. The third-order valence-electron chi connectivity index (χ3n) is 11.2. The molecule has 1 aromatic rings. The number of fused-ring (bicyclic) bond motifs is 5. The van der Waals surface area contributed by atoms with Crippen molar-refractivity contribution in [2.45, 2.75) is 82.1 Å². The Kier molecular flexibility index (Phi) is 7.16. The van der Waals surface area contributed by atoms with Gasteiger partial charge in [0.25, 0.3) is 5.69 Å². The van der Waals surface area contributed by atoms with Crippen molar-refractivity contribution < 1.29 is 23.8 Å². The summed E-state index contributed by atoms with van der Waals surface area (Å²) < 4.78 is 18.3. The summed E-state index contributed by atoms with van der Waals surface area (Å²) in [5.41, 5.74) is -0.546. The highest BCUT2D eigenvalue weighted by molar-refractivity contribution is 7.85. The second kappa shape index (κ2) is 9.83. The van der Waals surface area contributed by atoms with E-state index in [0.717, 1.165) is 51.4 Å². The molecular formula is C29H41NO6S. The number of rotatable bonds is 7. The van der Waals surface area contributed by atoms with Crippen LogP contribution < -0.4 is 0 Å². The first-order valence-electron chi connectivity index (χ1n) is 13.9. The van der Waals surface area contributed by atoms with E-state index >= 15 is 0 Å². The molecule has 8 heteroatoms. The number of hydrogen-bond donors (Lipinski definition) is 1. The van der Waals surface area contributed by atoms with Gasteiger partial charge in [-0.15, -0.1) is 0 Å². The Bertz CT molecular complexity index is 1080. The van der Waals surface area contributed by atoms with Gasteiger partial charge < -0.3 is 9.84 Å². The highest BCUT2D eigenvalue weighted by Crippen LogP contribution is 2.68. The van der Waals surface area contributed by atoms with E-state index in [1.165, 1.54) is 30.7 Å². The molecule has 0 amide bonds. The van der Waals surface area contributed by atoms with Crippen LogP contribution >= 0.6 is 0 Å². The number of Topliss-reactive ketones (excluding diaryl/α,β-unsaturated/α-hetero) is 1. The molecular weight excluding hydrogens is 490 g/mol. The molecule has 4 aliphatic carbocycles. The molecule has 1 unspecified atom stereocenters. The third kappa shape index (κ3) is 4.61. The Hall–Kier alpha value is -1.64. The van der Waals surface area contributed by atoms with Crippen LogP contribution in [0.5, 0.6) is 0 Å². The van der Waals surface area contributed by atoms with E-state index in [1.807, 2.05) is 0 Å². The van der Waals surface area contributed by atoms with Crippen LogP contribution in [0.15, 0.2) is 29.2 Å². The number of non-ortho nitro benzene ring substituents is 1. The number of ketones is 1. The number of carbonyl (C=O) groups is 1. The second-order valence-corrected chi connectivity index (χ2v) is 14.4. The van der Waals surface area contributed by atoms with E-state index in [2.05, 4.69) is 13.8 Å². The Morgan fingerprint density at radius 2 is 1.76 bits per heavy atom. The van der Waals surface area contributed by atoms with Crippen molar-refractivity contribution in [1.29, 1.82) is 0 Å². The molecule has 204 valence electrons. The first-order chi connectivity index (χ1) is 17.5. The van der Waals surface area contributed by atoms with E-state index < -0.39 is 21.3 Å². The summed E-state index contributed by atoms with van der Waals surface area (Å²) >= 11 is 0. The molecule has 9 atom stereocenters. The van der Waals surface area contributed by atoms with Gasteiger partial charge in [0.2, 0.25) is 0 Å². The number of nitrogens with zero attached hydrogens (tertiary/aromatic N) is 1. The zero-order valence-corrected chi connectivity index (χ0v) is 23.1. The zero-order valence-electron chi connectivity index (χ0n) is 22.3. The van der Waals surface area contributed by atoms with Crippen LogP contribution in [0, 0.1) is 50.5 Å². The summed E-state index contributed by atoms with van der Waals surface area (Å²) in [5.74, 6) is 2.30. The topological polar surface area (TPSA) is 107 Å². The molecule has 7 nitrogen and oxygen atoms in total. The third-order valence-corrected chi connectivity index (χ3v) is 12.6. The lowest BCUT2D eigenvalue weighted by Gasteiger charge is -2.62. The van der Waals surface area contributed by atoms with Crippen molar-refractivity contribution in [3.63, 3.8) is 0 Å². The standard InChI is InChI=1S/C29H41NO6S/c1-27-14-15-29(32,18-36-3)16-19(27)4-9-22-23-10-11-25(28(23,2)13-12-24(22)27)26(31)17-37(35)21-7-5-20(6-8-21)30(33)34/h5-8,19,22-25,32H,4,9-18H2,1-3H3/t19-,22-,23-,24-,25+,27-,28-,29+,37?/m0/s1. The van der Waals surface area contributed by atoms with Gasteiger partial charge in [0, 0.05) is 30.1 Å². The zero-order chi connectivity index (χ0) is 26.6. The molecule has 37 heavy (non-hydrogen) atoms. The number of nitro benzene ring substituents is 1. The largest absolute Gasteiger partial charge is 0.387 e. The molecule has 1 aromatic carbocycles. The first kappa shape index (κ1) is 26.9. The predicted molar refractivity (Wildman–Crippen MR) is 141 cm³/mol. The summed E-state index contributed by atoms with van der Waals surface area (Å²) in [6.45, 7) is 5.19. The van der Waals surface area contributed by atoms with Crippen LogP contribution in [-0.2, 0) is 20.3 Å². The van der Waals surface area contributed by atoms with Crippen LogP contribution in [0.1, 0.15) is 71.6 Å². The van der Waals surface area contributed by atoms with Crippen molar-refractivity contribution in [1.82, 2.24) is 0 Å². The summed E-state index contributed by atoms with van der Waals surface area (Å²) in [5, 5.41) is 22.0. The van der Waals surface area contributed by atoms with Crippen LogP contribution in [0.4, 0.5) is 5.69 Å². The van der Waals surface area contributed by atoms with Gasteiger partial charge in [-0.05, 0) is 104 Å². The SMILES string of the molecule is COC[C@@]1(O)CC[C@@]2(C)[C@@H](CC[C@@H]3[C@@H]2CC[C@]2(C)[C@@H](C(=O)CS(=O)c4ccc([N+](=O)[O-])cc4)CC[C@@H]32)C1. The van der Waals surface area contributed by atoms with Gasteiger partial charge >= 0.3 is 0 Å². The molecule has 0 heterocycles. The van der Waals surface area contributed by atoms with Gasteiger partial charge in [-0.25, -0.2) is 0 Å². The number of benzene rings is 1. The minimum atomic E-state index is -1.50. The number of aliphatic hydroxyl groups is 1. The lowest BCUT2D eigenvalue weighted by atomic mass is 9.44. The molecule has 4 fully saturated rings.